The van der Waals surface area contributed by atoms with E-state index >= 15 is 0 Å². The van der Waals surface area contributed by atoms with E-state index in [1.165, 1.54) is 6.07 Å². The molecular weight excluding hydrogens is 308 g/mol. The summed E-state index contributed by atoms with van der Waals surface area (Å²) in [7, 11) is 0. The zero-order valence-electron chi connectivity index (χ0n) is 13.6. The van der Waals surface area contributed by atoms with Gasteiger partial charge in [0.15, 0.2) is 0 Å². The Labute approximate surface area is 140 Å². The van der Waals surface area contributed by atoms with Crippen LogP contribution in [0.3, 0.4) is 0 Å². The molecule has 1 N–H and O–H groups in total. The highest BCUT2D eigenvalue weighted by molar-refractivity contribution is 5.96. The highest BCUT2D eigenvalue weighted by Gasteiger charge is 2.38. The molecule has 2 atom stereocenters. The molecule has 0 bridgehead atoms. The number of benzene rings is 1. The van der Waals surface area contributed by atoms with Gasteiger partial charge in [-0.05, 0) is 36.8 Å². The third-order valence-corrected chi connectivity index (χ3v) is 5.54. The molecular formula is C17H22N4O3. The van der Waals surface area contributed by atoms with Crippen LogP contribution in [0.25, 0.3) is 0 Å². The van der Waals surface area contributed by atoms with E-state index < -0.39 is 0 Å². The summed E-state index contributed by atoms with van der Waals surface area (Å²) in [4.78, 5) is 27.8. The molecule has 1 aromatic carbocycles. The van der Waals surface area contributed by atoms with Crippen molar-refractivity contribution in [1.82, 2.24) is 10.2 Å². The van der Waals surface area contributed by atoms with E-state index in [1.54, 1.807) is 12.1 Å². The van der Waals surface area contributed by atoms with Crippen molar-refractivity contribution < 1.29 is 9.72 Å². The number of hydrogen-bond donors (Lipinski definition) is 1. The van der Waals surface area contributed by atoms with E-state index in [0.29, 0.717) is 23.1 Å². The molecule has 3 heterocycles. The summed E-state index contributed by atoms with van der Waals surface area (Å²) in [5, 5.41) is 14.8. The van der Waals surface area contributed by atoms with Crippen molar-refractivity contribution in [3.05, 3.63) is 33.9 Å². The lowest BCUT2D eigenvalue weighted by Crippen LogP contribution is -2.32. The SMILES string of the molecule is O=C(c1ccc(N2CCCC2)c([N+](=O)[O-])c1)N1C[C@H]2CNC[C@H]2C1. The quantitative estimate of drug-likeness (QED) is 0.671. The number of amides is 1. The minimum atomic E-state index is -0.368. The number of rotatable bonds is 3. The molecule has 4 rings (SSSR count). The fourth-order valence-corrected chi connectivity index (χ4v) is 4.23. The van der Waals surface area contributed by atoms with Gasteiger partial charge < -0.3 is 15.1 Å². The third kappa shape index (κ3) is 2.62. The van der Waals surface area contributed by atoms with Crippen LogP contribution in [0.15, 0.2) is 18.2 Å². The Balaban J connectivity index is 1.58. The molecule has 3 saturated heterocycles. The largest absolute Gasteiger partial charge is 0.366 e. The standard InChI is InChI=1S/C17H22N4O3/c22-17(20-10-13-8-18-9-14(13)11-20)12-3-4-15(16(7-12)21(23)24)19-5-1-2-6-19/h3-4,7,13-14,18H,1-2,5-6,8-11H2/t13-,14+. The maximum atomic E-state index is 12.8. The monoisotopic (exact) mass is 330 g/mol. The van der Waals surface area contributed by atoms with Gasteiger partial charge >= 0.3 is 0 Å². The second kappa shape index (κ2) is 6.05. The van der Waals surface area contributed by atoms with Gasteiger partial charge in [-0.2, -0.15) is 0 Å². The maximum absolute atomic E-state index is 12.8. The molecule has 3 aliphatic rings. The van der Waals surface area contributed by atoms with E-state index in [-0.39, 0.29) is 16.5 Å². The Kier molecular flexibility index (Phi) is 3.88. The van der Waals surface area contributed by atoms with Gasteiger partial charge in [0.05, 0.1) is 4.92 Å². The van der Waals surface area contributed by atoms with E-state index in [4.69, 9.17) is 0 Å². The van der Waals surface area contributed by atoms with Crippen LogP contribution in [0.4, 0.5) is 11.4 Å². The molecule has 24 heavy (non-hydrogen) atoms. The molecule has 0 unspecified atom stereocenters. The minimum Gasteiger partial charge on any atom is -0.366 e. The Morgan fingerprint density at radius 3 is 2.46 bits per heavy atom. The molecule has 0 aliphatic carbocycles. The van der Waals surface area contributed by atoms with Crippen molar-refractivity contribution in [2.24, 2.45) is 11.8 Å². The zero-order valence-corrected chi connectivity index (χ0v) is 13.6. The highest BCUT2D eigenvalue weighted by atomic mass is 16.6. The van der Waals surface area contributed by atoms with Gasteiger partial charge in [-0.3, -0.25) is 14.9 Å². The van der Waals surface area contributed by atoms with Crippen LogP contribution in [0.5, 0.6) is 0 Å². The summed E-state index contributed by atoms with van der Waals surface area (Å²) in [6, 6.07) is 4.95. The number of carbonyl (C=O) groups excluding carboxylic acids is 1. The fourth-order valence-electron chi connectivity index (χ4n) is 4.23. The molecule has 0 spiro atoms. The second-order valence-electron chi connectivity index (χ2n) is 7.04. The van der Waals surface area contributed by atoms with Gasteiger partial charge in [0, 0.05) is 50.9 Å². The van der Waals surface area contributed by atoms with Gasteiger partial charge in [0.25, 0.3) is 11.6 Å². The number of anilines is 1. The van der Waals surface area contributed by atoms with Crippen molar-refractivity contribution in [3.63, 3.8) is 0 Å². The molecule has 7 nitrogen and oxygen atoms in total. The van der Waals surface area contributed by atoms with Crippen molar-refractivity contribution in [2.75, 3.05) is 44.2 Å². The van der Waals surface area contributed by atoms with E-state index in [9.17, 15) is 14.9 Å². The number of fused-ring (bicyclic) bond motifs is 1. The first kappa shape index (κ1) is 15.4. The molecule has 1 amide bonds. The molecule has 3 fully saturated rings. The average Bonchev–Trinajstić information content (AvgIpc) is 3.30. The minimum absolute atomic E-state index is 0.0452. The molecule has 128 valence electrons. The summed E-state index contributed by atoms with van der Waals surface area (Å²) in [5.41, 5.74) is 1.11. The summed E-state index contributed by atoms with van der Waals surface area (Å²) >= 11 is 0. The highest BCUT2D eigenvalue weighted by Crippen LogP contribution is 2.33. The van der Waals surface area contributed by atoms with Crippen LogP contribution < -0.4 is 10.2 Å². The number of hydrogen-bond acceptors (Lipinski definition) is 5. The van der Waals surface area contributed by atoms with Gasteiger partial charge in [0.1, 0.15) is 5.69 Å². The van der Waals surface area contributed by atoms with Crippen molar-refractivity contribution in [1.29, 1.82) is 0 Å². The van der Waals surface area contributed by atoms with Gasteiger partial charge in [0.2, 0.25) is 0 Å². The van der Waals surface area contributed by atoms with Crippen molar-refractivity contribution in [3.8, 4) is 0 Å². The number of nitro groups is 1. The summed E-state index contributed by atoms with van der Waals surface area (Å²) in [6.07, 6.45) is 2.12. The van der Waals surface area contributed by atoms with Gasteiger partial charge in [-0.1, -0.05) is 0 Å². The predicted octanol–water partition coefficient (Wildman–Crippen LogP) is 1.49. The van der Waals surface area contributed by atoms with Crippen LogP contribution in [0.2, 0.25) is 0 Å². The molecule has 7 heteroatoms. The summed E-state index contributed by atoms with van der Waals surface area (Å²) in [5.74, 6) is 0.959. The van der Waals surface area contributed by atoms with E-state index in [2.05, 4.69) is 5.32 Å². The lowest BCUT2D eigenvalue weighted by Gasteiger charge is -2.20. The van der Waals surface area contributed by atoms with Crippen LogP contribution in [0.1, 0.15) is 23.2 Å². The smallest absolute Gasteiger partial charge is 0.293 e. The number of nitrogens with zero attached hydrogens (tertiary/aromatic N) is 3. The average molecular weight is 330 g/mol. The van der Waals surface area contributed by atoms with Crippen LogP contribution in [-0.4, -0.2) is 55.0 Å². The van der Waals surface area contributed by atoms with Crippen molar-refractivity contribution in [2.45, 2.75) is 12.8 Å². The van der Waals surface area contributed by atoms with Crippen LogP contribution in [0, 0.1) is 22.0 Å². The Hall–Kier alpha value is -2.15. The Morgan fingerprint density at radius 2 is 1.83 bits per heavy atom. The predicted molar refractivity (Wildman–Crippen MR) is 90.3 cm³/mol. The summed E-state index contributed by atoms with van der Waals surface area (Å²) in [6.45, 7) is 5.11. The lowest BCUT2D eigenvalue weighted by atomic mass is 10.0. The summed E-state index contributed by atoms with van der Waals surface area (Å²) < 4.78 is 0. The number of likely N-dealkylation sites (tertiary alicyclic amines) is 1. The third-order valence-electron chi connectivity index (χ3n) is 5.54. The Bertz CT molecular complexity index is 660. The van der Waals surface area contributed by atoms with E-state index in [0.717, 1.165) is 52.1 Å². The van der Waals surface area contributed by atoms with Gasteiger partial charge in [-0.25, -0.2) is 0 Å². The molecule has 0 aromatic heterocycles. The Morgan fingerprint density at radius 1 is 1.17 bits per heavy atom. The number of nitrogens with one attached hydrogen (secondary N) is 1. The topological polar surface area (TPSA) is 78.7 Å². The van der Waals surface area contributed by atoms with Gasteiger partial charge in [-0.15, -0.1) is 0 Å². The first-order chi connectivity index (χ1) is 11.6. The normalized spacial score (nSPS) is 26.0. The first-order valence-electron chi connectivity index (χ1n) is 8.67. The second-order valence-corrected chi connectivity index (χ2v) is 7.04. The first-order valence-corrected chi connectivity index (χ1v) is 8.67. The number of nitro benzene ring substituents is 1. The van der Waals surface area contributed by atoms with Crippen molar-refractivity contribution >= 4 is 17.3 Å². The molecule has 1 aromatic rings. The lowest BCUT2D eigenvalue weighted by molar-refractivity contribution is -0.384. The zero-order chi connectivity index (χ0) is 16.7. The maximum Gasteiger partial charge on any atom is 0.293 e. The number of carbonyl (C=O) groups is 1. The van der Waals surface area contributed by atoms with Crippen LogP contribution in [-0.2, 0) is 0 Å². The fraction of sp³-hybridized carbons (Fsp3) is 0.588. The molecule has 0 saturated carbocycles. The molecule has 3 aliphatic heterocycles. The van der Waals surface area contributed by atoms with Crippen LogP contribution >= 0.6 is 0 Å². The molecule has 0 radical (unpaired) electrons. The van der Waals surface area contributed by atoms with E-state index in [1.807, 2.05) is 9.80 Å².